The summed E-state index contributed by atoms with van der Waals surface area (Å²) in [5.74, 6) is 0.526. The molecule has 0 aliphatic heterocycles. The van der Waals surface area contributed by atoms with Gasteiger partial charge in [0.15, 0.2) is 0 Å². The van der Waals surface area contributed by atoms with E-state index < -0.39 is 28.8 Å². The molecule has 7 nitrogen and oxygen atoms in total. The molecular weight excluding hydrogens is 298 g/mol. The van der Waals surface area contributed by atoms with Crippen molar-refractivity contribution in [3.63, 3.8) is 0 Å². The molecule has 0 spiro atoms. The fourth-order valence-electron chi connectivity index (χ4n) is 1.46. The lowest BCUT2D eigenvalue weighted by Gasteiger charge is -2.25. The summed E-state index contributed by atoms with van der Waals surface area (Å²) in [7, 11) is -2.27. The van der Waals surface area contributed by atoms with Gasteiger partial charge in [0.05, 0.1) is 30.3 Å². The molecule has 1 aromatic rings. The third-order valence-electron chi connectivity index (χ3n) is 2.77. The van der Waals surface area contributed by atoms with Gasteiger partial charge in [-0.05, 0) is 31.2 Å². The molecule has 0 fully saturated rings. The van der Waals surface area contributed by atoms with E-state index in [2.05, 4.69) is 4.72 Å². The maximum Gasteiger partial charge on any atom is 0.241 e. The highest BCUT2D eigenvalue weighted by atomic mass is 32.2. The Morgan fingerprint density at radius 3 is 2.19 bits per heavy atom. The Labute approximate surface area is 124 Å². The highest BCUT2D eigenvalue weighted by Gasteiger charge is 2.29. The molecule has 0 amide bonds. The SMILES string of the molecule is COCCOc1ccc(S(=O)(=O)NC(C)(CO)CO)cc1. The molecule has 21 heavy (non-hydrogen) atoms. The van der Waals surface area contributed by atoms with Gasteiger partial charge in [-0.25, -0.2) is 13.1 Å². The number of methoxy groups -OCH3 is 1. The highest BCUT2D eigenvalue weighted by molar-refractivity contribution is 7.89. The molecule has 0 saturated heterocycles. The Kier molecular flexibility index (Phi) is 6.56. The minimum atomic E-state index is -3.83. The summed E-state index contributed by atoms with van der Waals surface area (Å²) in [6, 6.07) is 5.83. The molecule has 0 aromatic heterocycles. The third kappa shape index (κ3) is 5.25. The average molecular weight is 319 g/mol. The number of aliphatic hydroxyl groups is 2. The molecule has 0 aliphatic rings. The number of ether oxygens (including phenoxy) is 2. The largest absolute Gasteiger partial charge is 0.491 e. The van der Waals surface area contributed by atoms with Crippen molar-refractivity contribution >= 4 is 10.0 Å². The summed E-state index contributed by atoms with van der Waals surface area (Å²) in [5.41, 5.74) is -1.31. The van der Waals surface area contributed by atoms with Gasteiger partial charge in [0.1, 0.15) is 12.4 Å². The zero-order valence-electron chi connectivity index (χ0n) is 12.1. The Balaban J connectivity index is 2.80. The van der Waals surface area contributed by atoms with E-state index in [0.29, 0.717) is 19.0 Å². The van der Waals surface area contributed by atoms with Gasteiger partial charge in [0.25, 0.3) is 0 Å². The number of nitrogens with one attached hydrogen (secondary N) is 1. The quantitative estimate of drug-likeness (QED) is 0.541. The van der Waals surface area contributed by atoms with E-state index in [1.165, 1.54) is 31.2 Å². The second-order valence-corrected chi connectivity index (χ2v) is 6.48. The number of sulfonamides is 1. The molecule has 0 aliphatic carbocycles. The van der Waals surface area contributed by atoms with Gasteiger partial charge in [-0.3, -0.25) is 0 Å². The molecule has 120 valence electrons. The van der Waals surface area contributed by atoms with E-state index in [1.807, 2.05) is 0 Å². The molecule has 1 aromatic carbocycles. The van der Waals surface area contributed by atoms with E-state index >= 15 is 0 Å². The summed E-state index contributed by atoms with van der Waals surface area (Å²) in [4.78, 5) is 0.0229. The zero-order chi connectivity index (χ0) is 15.9. The first kappa shape index (κ1) is 17.9. The van der Waals surface area contributed by atoms with Gasteiger partial charge < -0.3 is 19.7 Å². The van der Waals surface area contributed by atoms with Crippen LogP contribution in [0, 0.1) is 0 Å². The van der Waals surface area contributed by atoms with Gasteiger partial charge in [-0.1, -0.05) is 0 Å². The molecule has 0 radical (unpaired) electrons. The number of rotatable bonds is 9. The second kappa shape index (κ2) is 7.71. The number of hydrogen-bond acceptors (Lipinski definition) is 6. The Bertz CT molecular complexity index is 524. The van der Waals surface area contributed by atoms with Crippen molar-refractivity contribution in [1.82, 2.24) is 4.72 Å². The Morgan fingerprint density at radius 1 is 1.14 bits per heavy atom. The van der Waals surface area contributed by atoms with E-state index in [1.54, 1.807) is 7.11 Å². The molecule has 0 saturated carbocycles. The lowest BCUT2D eigenvalue weighted by molar-refractivity contribution is 0.122. The second-order valence-electron chi connectivity index (χ2n) is 4.80. The van der Waals surface area contributed by atoms with Crippen molar-refractivity contribution in [3.8, 4) is 5.75 Å². The first-order chi connectivity index (χ1) is 9.87. The van der Waals surface area contributed by atoms with E-state index in [-0.39, 0.29) is 4.90 Å². The fourth-order valence-corrected chi connectivity index (χ4v) is 2.85. The first-order valence-corrected chi connectivity index (χ1v) is 7.83. The standard InChI is InChI=1S/C13H21NO6S/c1-13(9-15,10-16)14-21(17,18)12-5-3-11(4-6-12)20-8-7-19-2/h3-6,14-16H,7-10H2,1-2H3. The van der Waals surface area contributed by atoms with Crippen LogP contribution in [0.4, 0.5) is 0 Å². The Morgan fingerprint density at radius 2 is 1.71 bits per heavy atom. The smallest absolute Gasteiger partial charge is 0.241 e. The van der Waals surface area contributed by atoms with Gasteiger partial charge >= 0.3 is 0 Å². The lowest BCUT2D eigenvalue weighted by atomic mass is 10.1. The van der Waals surface area contributed by atoms with Crippen molar-refractivity contribution in [1.29, 1.82) is 0 Å². The van der Waals surface area contributed by atoms with Crippen LogP contribution < -0.4 is 9.46 Å². The van der Waals surface area contributed by atoms with Crippen molar-refractivity contribution in [2.75, 3.05) is 33.5 Å². The van der Waals surface area contributed by atoms with Crippen molar-refractivity contribution in [2.24, 2.45) is 0 Å². The summed E-state index contributed by atoms with van der Waals surface area (Å²) in [6.07, 6.45) is 0. The lowest BCUT2D eigenvalue weighted by Crippen LogP contribution is -2.51. The molecule has 0 atom stereocenters. The minimum absolute atomic E-state index is 0.0229. The van der Waals surface area contributed by atoms with E-state index in [9.17, 15) is 8.42 Å². The van der Waals surface area contributed by atoms with Crippen LogP contribution in [0.5, 0.6) is 5.75 Å². The van der Waals surface area contributed by atoms with Gasteiger partial charge in [-0.15, -0.1) is 0 Å². The predicted molar refractivity (Wildman–Crippen MR) is 76.7 cm³/mol. The van der Waals surface area contributed by atoms with Crippen LogP contribution in [-0.4, -0.2) is 57.7 Å². The summed E-state index contributed by atoms with van der Waals surface area (Å²) >= 11 is 0. The van der Waals surface area contributed by atoms with Gasteiger partial charge in [0, 0.05) is 7.11 Å². The van der Waals surface area contributed by atoms with Gasteiger partial charge in [0.2, 0.25) is 10.0 Å². The normalized spacial score (nSPS) is 12.4. The van der Waals surface area contributed by atoms with Gasteiger partial charge in [-0.2, -0.15) is 0 Å². The molecule has 0 heterocycles. The number of hydrogen-bond donors (Lipinski definition) is 3. The van der Waals surface area contributed by atoms with Crippen LogP contribution in [0.1, 0.15) is 6.92 Å². The molecule has 0 bridgehead atoms. The van der Waals surface area contributed by atoms with Crippen LogP contribution in [-0.2, 0) is 14.8 Å². The van der Waals surface area contributed by atoms with Crippen LogP contribution in [0.2, 0.25) is 0 Å². The van der Waals surface area contributed by atoms with Crippen LogP contribution >= 0.6 is 0 Å². The summed E-state index contributed by atoms with van der Waals surface area (Å²) in [5, 5.41) is 18.3. The molecule has 0 unspecified atom stereocenters. The molecule has 3 N–H and O–H groups in total. The Hall–Kier alpha value is -1.19. The highest BCUT2D eigenvalue weighted by Crippen LogP contribution is 2.17. The van der Waals surface area contributed by atoms with Crippen LogP contribution in [0.25, 0.3) is 0 Å². The minimum Gasteiger partial charge on any atom is -0.491 e. The zero-order valence-corrected chi connectivity index (χ0v) is 12.9. The number of benzene rings is 1. The predicted octanol–water partition coefficient (Wildman–Crippen LogP) is -0.267. The molecular formula is C13H21NO6S. The van der Waals surface area contributed by atoms with Crippen molar-refractivity contribution in [2.45, 2.75) is 17.4 Å². The first-order valence-electron chi connectivity index (χ1n) is 6.34. The molecule has 1 rings (SSSR count). The fraction of sp³-hybridized carbons (Fsp3) is 0.538. The maximum absolute atomic E-state index is 12.1. The number of aliphatic hydroxyl groups excluding tert-OH is 2. The van der Waals surface area contributed by atoms with Crippen molar-refractivity contribution in [3.05, 3.63) is 24.3 Å². The topological polar surface area (TPSA) is 105 Å². The summed E-state index contributed by atoms with van der Waals surface area (Å²) < 4.78 is 36.7. The van der Waals surface area contributed by atoms with Crippen LogP contribution in [0.3, 0.4) is 0 Å². The van der Waals surface area contributed by atoms with E-state index in [0.717, 1.165) is 0 Å². The van der Waals surface area contributed by atoms with Crippen LogP contribution in [0.15, 0.2) is 29.2 Å². The van der Waals surface area contributed by atoms with E-state index in [4.69, 9.17) is 19.7 Å². The van der Waals surface area contributed by atoms with Crippen molar-refractivity contribution < 1.29 is 28.1 Å². The average Bonchev–Trinajstić information content (AvgIpc) is 2.47. The summed E-state index contributed by atoms with van der Waals surface area (Å²) in [6.45, 7) is 1.19. The third-order valence-corrected chi connectivity index (χ3v) is 4.42. The monoisotopic (exact) mass is 319 g/mol. The maximum atomic E-state index is 12.1. The molecule has 8 heteroatoms.